The molecule has 1 saturated carbocycles. The van der Waals surface area contributed by atoms with Gasteiger partial charge in [0.1, 0.15) is 0 Å². The Morgan fingerprint density at radius 1 is 1.11 bits per heavy atom. The summed E-state index contributed by atoms with van der Waals surface area (Å²) in [6, 6.07) is 7.44. The zero-order valence-electron chi connectivity index (χ0n) is 11.8. The van der Waals surface area contributed by atoms with Crippen LogP contribution in [-0.4, -0.2) is 13.2 Å². The molecule has 3 heteroatoms. The molecule has 102 valence electrons. The average molecular weight is 259 g/mol. The first-order chi connectivity index (χ1) is 9.12. The van der Waals surface area contributed by atoms with Crippen LogP contribution in [0.3, 0.4) is 0 Å². The van der Waals surface area contributed by atoms with Crippen molar-refractivity contribution in [3.8, 4) is 17.6 Å². The van der Waals surface area contributed by atoms with Gasteiger partial charge < -0.3 is 9.47 Å². The predicted molar refractivity (Wildman–Crippen MR) is 74.3 cm³/mol. The number of ether oxygens (including phenoxy) is 2. The molecule has 2 atom stereocenters. The Kier molecular flexibility index (Phi) is 4.31. The molecule has 1 aromatic rings. The highest BCUT2D eigenvalue weighted by Crippen LogP contribution is 2.35. The third-order valence-corrected chi connectivity index (χ3v) is 3.72. The Morgan fingerprint density at radius 3 is 2.37 bits per heavy atom. The molecular formula is C16H21NO2. The zero-order chi connectivity index (χ0) is 13.8. The molecule has 0 amide bonds. The van der Waals surface area contributed by atoms with Crippen molar-refractivity contribution < 1.29 is 9.47 Å². The standard InChI is InChI=1S/C16H21NO2/c1-11-6-12(2)8-14(7-11)19-15-5-4-13(10-17)9-16(15)18-3/h4-5,9,11-12,14H,6-8H2,1-3H3. The maximum atomic E-state index is 8.89. The predicted octanol–water partition coefficient (Wildman–Crippen LogP) is 3.77. The molecule has 2 unspecified atom stereocenters. The van der Waals surface area contributed by atoms with Crippen molar-refractivity contribution in [2.24, 2.45) is 11.8 Å². The van der Waals surface area contributed by atoms with Gasteiger partial charge in [0.05, 0.1) is 24.8 Å². The van der Waals surface area contributed by atoms with Gasteiger partial charge in [-0.25, -0.2) is 0 Å². The van der Waals surface area contributed by atoms with Crippen LogP contribution < -0.4 is 9.47 Å². The monoisotopic (exact) mass is 259 g/mol. The van der Waals surface area contributed by atoms with E-state index in [9.17, 15) is 0 Å². The Balaban J connectivity index is 2.12. The number of rotatable bonds is 3. The van der Waals surface area contributed by atoms with Crippen molar-refractivity contribution in [2.75, 3.05) is 7.11 Å². The van der Waals surface area contributed by atoms with Crippen molar-refractivity contribution in [3.63, 3.8) is 0 Å². The SMILES string of the molecule is COc1cc(C#N)ccc1OC1CC(C)CC(C)C1. The molecule has 0 aliphatic heterocycles. The quantitative estimate of drug-likeness (QED) is 0.829. The van der Waals surface area contributed by atoms with Crippen molar-refractivity contribution in [2.45, 2.75) is 39.2 Å². The first-order valence-corrected chi connectivity index (χ1v) is 6.87. The second kappa shape index (κ2) is 5.97. The van der Waals surface area contributed by atoms with Crippen LogP contribution in [0.5, 0.6) is 11.5 Å². The summed E-state index contributed by atoms with van der Waals surface area (Å²) >= 11 is 0. The Bertz CT molecular complexity index is 468. The molecular weight excluding hydrogens is 238 g/mol. The van der Waals surface area contributed by atoms with Gasteiger partial charge in [-0.2, -0.15) is 5.26 Å². The lowest BCUT2D eigenvalue weighted by atomic mass is 9.82. The second-order valence-corrected chi connectivity index (χ2v) is 5.63. The first-order valence-electron chi connectivity index (χ1n) is 6.87. The Labute approximate surface area is 115 Å². The van der Waals surface area contributed by atoms with Crippen LogP contribution in [0, 0.1) is 23.2 Å². The van der Waals surface area contributed by atoms with Gasteiger partial charge in [-0.3, -0.25) is 0 Å². The van der Waals surface area contributed by atoms with E-state index in [-0.39, 0.29) is 6.10 Å². The number of benzene rings is 1. The fourth-order valence-electron chi connectivity index (χ4n) is 2.98. The highest BCUT2D eigenvalue weighted by atomic mass is 16.5. The van der Waals surface area contributed by atoms with Gasteiger partial charge in [0.2, 0.25) is 0 Å². The zero-order valence-corrected chi connectivity index (χ0v) is 11.8. The van der Waals surface area contributed by atoms with Gasteiger partial charge >= 0.3 is 0 Å². The van der Waals surface area contributed by atoms with Crippen molar-refractivity contribution >= 4 is 0 Å². The summed E-state index contributed by atoms with van der Waals surface area (Å²) in [7, 11) is 1.61. The van der Waals surface area contributed by atoms with Gasteiger partial charge in [-0.05, 0) is 43.2 Å². The molecule has 0 N–H and O–H groups in total. The summed E-state index contributed by atoms with van der Waals surface area (Å²) in [5.41, 5.74) is 0.592. The van der Waals surface area contributed by atoms with E-state index in [4.69, 9.17) is 14.7 Å². The maximum absolute atomic E-state index is 8.89. The second-order valence-electron chi connectivity index (χ2n) is 5.63. The highest BCUT2D eigenvalue weighted by molar-refractivity contribution is 5.46. The van der Waals surface area contributed by atoms with Crippen molar-refractivity contribution in [1.29, 1.82) is 5.26 Å². The minimum Gasteiger partial charge on any atom is -0.493 e. The van der Waals surface area contributed by atoms with Crippen LogP contribution in [0.15, 0.2) is 18.2 Å². The summed E-state index contributed by atoms with van der Waals surface area (Å²) in [6.45, 7) is 4.56. The Morgan fingerprint density at radius 2 is 1.79 bits per heavy atom. The maximum Gasteiger partial charge on any atom is 0.162 e. The minimum atomic E-state index is 0.251. The lowest BCUT2D eigenvalue weighted by molar-refractivity contribution is 0.0980. The largest absolute Gasteiger partial charge is 0.493 e. The molecule has 19 heavy (non-hydrogen) atoms. The third-order valence-electron chi connectivity index (χ3n) is 3.72. The number of methoxy groups -OCH3 is 1. The molecule has 2 rings (SSSR count). The normalized spacial score (nSPS) is 26.5. The van der Waals surface area contributed by atoms with E-state index in [0.717, 1.165) is 18.6 Å². The van der Waals surface area contributed by atoms with E-state index < -0.39 is 0 Å². The van der Waals surface area contributed by atoms with E-state index in [2.05, 4.69) is 19.9 Å². The smallest absolute Gasteiger partial charge is 0.162 e. The van der Waals surface area contributed by atoms with Crippen LogP contribution >= 0.6 is 0 Å². The van der Waals surface area contributed by atoms with Gasteiger partial charge in [0.25, 0.3) is 0 Å². The van der Waals surface area contributed by atoms with Crippen LogP contribution in [0.4, 0.5) is 0 Å². The summed E-state index contributed by atoms with van der Waals surface area (Å²) in [5.74, 6) is 2.80. The molecule has 1 fully saturated rings. The van der Waals surface area contributed by atoms with E-state index >= 15 is 0 Å². The molecule has 1 aliphatic rings. The molecule has 0 aromatic heterocycles. The summed E-state index contributed by atoms with van der Waals surface area (Å²) in [4.78, 5) is 0. The molecule has 0 radical (unpaired) electrons. The molecule has 1 aromatic carbocycles. The van der Waals surface area contributed by atoms with E-state index in [1.807, 2.05) is 6.07 Å². The van der Waals surface area contributed by atoms with Gasteiger partial charge in [0, 0.05) is 6.07 Å². The average Bonchev–Trinajstić information content (AvgIpc) is 2.38. The molecule has 0 bridgehead atoms. The third kappa shape index (κ3) is 3.41. The lowest BCUT2D eigenvalue weighted by Crippen LogP contribution is -2.28. The summed E-state index contributed by atoms with van der Waals surface area (Å²) in [5, 5.41) is 8.89. The van der Waals surface area contributed by atoms with Gasteiger partial charge in [-0.1, -0.05) is 13.8 Å². The number of nitriles is 1. The molecule has 0 heterocycles. The fraction of sp³-hybridized carbons (Fsp3) is 0.562. The highest BCUT2D eigenvalue weighted by Gasteiger charge is 2.26. The molecule has 0 saturated heterocycles. The van der Waals surface area contributed by atoms with Crippen molar-refractivity contribution in [1.82, 2.24) is 0 Å². The van der Waals surface area contributed by atoms with Gasteiger partial charge in [-0.15, -0.1) is 0 Å². The minimum absolute atomic E-state index is 0.251. The summed E-state index contributed by atoms with van der Waals surface area (Å²) in [6.07, 6.45) is 3.71. The van der Waals surface area contributed by atoms with Crippen LogP contribution in [0.1, 0.15) is 38.7 Å². The Hall–Kier alpha value is -1.69. The molecule has 1 aliphatic carbocycles. The van der Waals surface area contributed by atoms with Crippen molar-refractivity contribution in [3.05, 3.63) is 23.8 Å². The van der Waals surface area contributed by atoms with E-state index in [1.54, 1.807) is 19.2 Å². The van der Waals surface area contributed by atoms with E-state index in [0.29, 0.717) is 23.1 Å². The topological polar surface area (TPSA) is 42.2 Å². The molecule has 0 spiro atoms. The fourth-order valence-corrected chi connectivity index (χ4v) is 2.98. The first kappa shape index (κ1) is 13.7. The summed E-state index contributed by atoms with van der Waals surface area (Å²) < 4.78 is 11.4. The number of hydrogen-bond donors (Lipinski definition) is 0. The van der Waals surface area contributed by atoms with E-state index in [1.165, 1.54) is 6.42 Å². The van der Waals surface area contributed by atoms with Gasteiger partial charge in [0.15, 0.2) is 11.5 Å². The molecule has 3 nitrogen and oxygen atoms in total. The number of hydrogen-bond acceptors (Lipinski definition) is 3. The van der Waals surface area contributed by atoms with Crippen LogP contribution in [0.25, 0.3) is 0 Å². The lowest BCUT2D eigenvalue weighted by Gasteiger charge is -2.32. The van der Waals surface area contributed by atoms with Crippen LogP contribution in [-0.2, 0) is 0 Å². The number of nitrogens with zero attached hydrogens (tertiary/aromatic N) is 1. The van der Waals surface area contributed by atoms with Crippen LogP contribution in [0.2, 0.25) is 0 Å².